The van der Waals surface area contributed by atoms with Crippen molar-refractivity contribution in [3.63, 3.8) is 0 Å². The number of nitrogens with two attached hydrogens (primary N) is 1. The van der Waals surface area contributed by atoms with Gasteiger partial charge in [0.05, 0.1) is 0 Å². The fourth-order valence-electron chi connectivity index (χ4n) is 2.60. The number of hydrogen-bond acceptors (Lipinski definition) is 3. The van der Waals surface area contributed by atoms with E-state index in [9.17, 15) is 4.79 Å². The standard InChI is InChI=1S/C14H21N3O/c1-2-11-4-3-7-16-13(11)14(18)17-12-6-5-10(8-12)9-15/h3-4,7,10,12H,2,5-6,8-9,15H2,1H3,(H,17,18). The first-order valence-electron chi connectivity index (χ1n) is 6.69. The third-order valence-corrected chi connectivity index (χ3v) is 3.70. The van der Waals surface area contributed by atoms with Gasteiger partial charge in [0.2, 0.25) is 0 Å². The molecule has 1 amide bonds. The highest BCUT2D eigenvalue weighted by atomic mass is 16.1. The van der Waals surface area contributed by atoms with E-state index in [1.165, 1.54) is 0 Å². The highest BCUT2D eigenvalue weighted by Gasteiger charge is 2.25. The second kappa shape index (κ2) is 5.96. The number of rotatable bonds is 4. The van der Waals surface area contributed by atoms with Gasteiger partial charge in [0, 0.05) is 12.2 Å². The average Bonchev–Trinajstić information content (AvgIpc) is 2.86. The molecule has 1 fully saturated rings. The minimum atomic E-state index is -0.0462. The lowest BCUT2D eigenvalue weighted by atomic mass is 10.1. The van der Waals surface area contributed by atoms with Crippen LogP contribution in [0.15, 0.2) is 18.3 Å². The molecule has 18 heavy (non-hydrogen) atoms. The lowest BCUT2D eigenvalue weighted by molar-refractivity contribution is 0.0931. The van der Waals surface area contributed by atoms with E-state index in [-0.39, 0.29) is 11.9 Å². The average molecular weight is 247 g/mol. The van der Waals surface area contributed by atoms with Crippen LogP contribution in [0, 0.1) is 5.92 Å². The summed E-state index contributed by atoms with van der Waals surface area (Å²) in [5.41, 5.74) is 7.23. The van der Waals surface area contributed by atoms with E-state index < -0.39 is 0 Å². The zero-order chi connectivity index (χ0) is 13.0. The van der Waals surface area contributed by atoms with Crippen molar-refractivity contribution in [2.24, 2.45) is 11.7 Å². The first kappa shape index (κ1) is 13.0. The highest BCUT2D eigenvalue weighted by molar-refractivity contribution is 5.93. The van der Waals surface area contributed by atoms with E-state index >= 15 is 0 Å². The molecule has 4 heteroatoms. The van der Waals surface area contributed by atoms with Gasteiger partial charge in [-0.25, -0.2) is 0 Å². The molecule has 1 saturated carbocycles. The molecule has 0 saturated heterocycles. The van der Waals surface area contributed by atoms with Crippen molar-refractivity contribution >= 4 is 5.91 Å². The number of nitrogens with zero attached hydrogens (tertiary/aromatic N) is 1. The molecule has 0 aliphatic heterocycles. The van der Waals surface area contributed by atoms with Crippen LogP contribution in [0.25, 0.3) is 0 Å². The van der Waals surface area contributed by atoms with Crippen LogP contribution in [0.3, 0.4) is 0 Å². The molecular weight excluding hydrogens is 226 g/mol. The Balaban J connectivity index is 2.00. The van der Waals surface area contributed by atoms with E-state index in [0.29, 0.717) is 11.6 Å². The summed E-state index contributed by atoms with van der Waals surface area (Å²) in [4.78, 5) is 16.4. The van der Waals surface area contributed by atoms with Crippen LogP contribution < -0.4 is 11.1 Å². The minimum absolute atomic E-state index is 0.0462. The van der Waals surface area contributed by atoms with Gasteiger partial charge in [-0.1, -0.05) is 13.0 Å². The van der Waals surface area contributed by atoms with E-state index in [2.05, 4.69) is 10.3 Å². The molecule has 0 radical (unpaired) electrons. The first-order valence-corrected chi connectivity index (χ1v) is 6.69. The molecule has 3 N–H and O–H groups in total. The maximum Gasteiger partial charge on any atom is 0.270 e. The molecule has 2 rings (SSSR count). The number of aromatic nitrogens is 1. The maximum atomic E-state index is 12.2. The number of carbonyl (C=O) groups is 1. The largest absolute Gasteiger partial charge is 0.348 e. The van der Waals surface area contributed by atoms with Crippen LogP contribution in [-0.2, 0) is 6.42 Å². The third-order valence-electron chi connectivity index (χ3n) is 3.70. The van der Waals surface area contributed by atoms with E-state index in [0.717, 1.165) is 37.8 Å². The fraction of sp³-hybridized carbons (Fsp3) is 0.571. The fourth-order valence-corrected chi connectivity index (χ4v) is 2.60. The van der Waals surface area contributed by atoms with E-state index in [1.807, 2.05) is 19.1 Å². The van der Waals surface area contributed by atoms with Crippen LogP contribution in [0.1, 0.15) is 42.2 Å². The van der Waals surface area contributed by atoms with Crippen LogP contribution >= 0.6 is 0 Å². The Bertz CT molecular complexity index is 419. The lowest BCUT2D eigenvalue weighted by Crippen LogP contribution is -2.34. The van der Waals surface area contributed by atoms with Crippen molar-refractivity contribution < 1.29 is 4.79 Å². The van der Waals surface area contributed by atoms with Gasteiger partial charge >= 0.3 is 0 Å². The van der Waals surface area contributed by atoms with Gasteiger partial charge in [0.25, 0.3) is 5.91 Å². The molecular formula is C14H21N3O. The summed E-state index contributed by atoms with van der Waals surface area (Å²) in [5, 5.41) is 3.08. The third kappa shape index (κ3) is 2.88. The molecule has 1 aromatic heterocycles. The lowest BCUT2D eigenvalue weighted by Gasteiger charge is -2.13. The molecule has 0 aromatic carbocycles. The molecule has 0 spiro atoms. The first-order chi connectivity index (χ1) is 8.74. The van der Waals surface area contributed by atoms with Gasteiger partial charge in [0.15, 0.2) is 0 Å². The van der Waals surface area contributed by atoms with Gasteiger partial charge in [-0.2, -0.15) is 0 Å². The van der Waals surface area contributed by atoms with Crippen molar-refractivity contribution in [1.82, 2.24) is 10.3 Å². The maximum absolute atomic E-state index is 12.2. The molecule has 98 valence electrons. The molecule has 1 heterocycles. The van der Waals surface area contributed by atoms with Crippen molar-refractivity contribution in [2.45, 2.75) is 38.6 Å². The summed E-state index contributed by atoms with van der Waals surface area (Å²) >= 11 is 0. The molecule has 2 atom stereocenters. The van der Waals surface area contributed by atoms with E-state index in [1.54, 1.807) is 6.20 Å². The molecule has 1 aliphatic carbocycles. The number of carbonyl (C=O) groups excluding carboxylic acids is 1. The predicted octanol–water partition coefficient (Wildman–Crippen LogP) is 1.50. The Morgan fingerprint density at radius 2 is 2.39 bits per heavy atom. The zero-order valence-electron chi connectivity index (χ0n) is 10.9. The van der Waals surface area contributed by atoms with Gasteiger partial charge in [-0.15, -0.1) is 0 Å². The van der Waals surface area contributed by atoms with Crippen LogP contribution in [0.2, 0.25) is 0 Å². The SMILES string of the molecule is CCc1cccnc1C(=O)NC1CCC(CN)C1. The molecule has 1 aliphatic rings. The number of aryl methyl sites for hydroxylation is 1. The highest BCUT2D eigenvalue weighted by Crippen LogP contribution is 2.24. The topological polar surface area (TPSA) is 68.0 Å². The van der Waals surface area contributed by atoms with Gasteiger partial charge in [0.1, 0.15) is 5.69 Å². The van der Waals surface area contributed by atoms with Gasteiger partial charge < -0.3 is 11.1 Å². The summed E-state index contributed by atoms with van der Waals surface area (Å²) in [6, 6.07) is 4.09. The van der Waals surface area contributed by atoms with Crippen molar-refractivity contribution in [1.29, 1.82) is 0 Å². The number of hydrogen-bond donors (Lipinski definition) is 2. The Kier molecular flexibility index (Phi) is 4.31. The molecule has 4 nitrogen and oxygen atoms in total. The van der Waals surface area contributed by atoms with Gasteiger partial charge in [-0.3, -0.25) is 9.78 Å². The quantitative estimate of drug-likeness (QED) is 0.847. The smallest absolute Gasteiger partial charge is 0.270 e. The number of amides is 1. The van der Waals surface area contributed by atoms with Crippen LogP contribution in [0.4, 0.5) is 0 Å². The summed E-state index contributed by atoms with van der Waals surface area (Å²) in [6.45, 7) is 2.75. The summed E-state index contributed by atoms with van der Waals surface area (Å²) in [7, 11) is 0. The van der Waals surface area contributed by atoms with Gasteiger partial charge in [-0.05, 0) is 49.8 Å². The number of pyridine rings is 1. The predicted molar refractivity (Wildman–Crippen MR) is 71.3 cm³/mol. The second-order valence-electron chi connectivity index (χ2n) is 4.95. The Morgan fingerprint density at radius 3 is 3.06 bits per heavy atom. The number of nitrogens with one attached hydrogen (secondary N) is 1. The second-order valence-corrected chi connectivity index (χ2v) is 4.95. The van der Waals surface area contributed by atoms with Crippen LogP contribution in [-0.4, -0.2) is 23.5 Å². The monoisotopic (exact) mass is 247 g/mol. The molecule has 2 unspecified atom stereocenters. The Hall–Kier alpha value is -1.42. The normalized spacial score (nSPS) is 23.0. The molecule has 0 bridgehead atoms. The zero-order valence-corrected chi connectivity index (χ0v) is 10.9. The minimum Gasteiger partial charge on any atom is -0.348 e. The summed E-state index contributed by atoms with van der Waals surface area (Å²) in [6.07, 6.45) is 5.64. The van der Waals surface area contributed by atoms with Crippen LogP contribution in [0.5, 0.6) is 0 Å². The Labute approximate surface area is 108 Å². The summed E-state index contributed by atoms with van der Waals surface area (Å²) in [5.74, 6) is 0.514. The molecule has 1 aromatic rings. The van der Waals surface area contributed by atoms with Crippen molar-refractivity contribution in [3.8, 4) is 0 Å². The van der Waals surface area contributed by atoms with E-state index in [4.69, 9.17) is 5.73 Å². The summed E-state index contributed by atoms with van der Waals surface area (Å²) < 4.78 is 0. The Morgan fingerprint density at radius 1 is 1.56 bits per heavy atom. The van der Waals surface area contributed by atoms with Crippen molar-refractivity contribution in [2.75, 3.05) is 6.54 Å². The van der Waals surface area contributed by atoms with Crippen molar-refractivity contribution in [3.05, 3.63) is 29.6 Å².